The summed E-state index contributed by atoms with van der Waals surface area (Å²) in [4.78, 5) is 20.8. The molecule has 0 atom stereocenters. The van der Waals surface area contributed by atoms with E-state index in [-0.39, 0.29) is 18.1 Å². The Bertz CT molecular complexity index is 899. The summed E-state index contributed by atoms with van der Waals surface area (Å²) in [6.07, 6.45) is 0.190. The number of aromatic nitrogens is 2. The molecule has 0 saturated heterocycles. The van der Waals surface area contributed by atoms with Gasteiger partial charge < -0.3 is 15.4 Å². The second-order valence-electron chi connectivity index (χ2n) is 5.76. The Hall–Kier alpha value is -3.00. The van der Waals surface area contributed by atoms with Gasteiger partial charge in [-0.2, -0.15) is 0 Å². The van der Waals surface area contributed by atoms with Gasteiger partial charge in [0.25, 0.3) is 0 Å². The number of benzene rings is 1. The number of hydrogen-bond acceptors (Lipinski definition) is 6. The third-order valence-electron chi connectivity index (χ3n) is 3.52. The van der Waals surface area contributed by atoms with Crippen LogP contribution in [0, 0.1) is 12.7 Å². The average molecular weight is 386 g/mol. The Balaban J connectivity index is 1.40. The number of thiazole rings is 1. The van der Waals surface area contributed by atoms with E-state index in [0.717, 1.165) is 11.5 Å². The number of rotatable bonds is 8. The lowest BCUT2D eigenvalue weighted by Crippen LogP contribution is -2.29. The van der Waals surface area contributed by atoms with Crippen LogP contribution in [0.25, 0.3) is 0 Å². The molecule has 2 aromatic heterocycles. The third kappa shape index (κ3) is 6.03. The standard InChI is InChI=1S/C19H19FN4O2S/c1-13-3-2-4-17(22-13)24-19-23-15(12-27-19)11-18(25)21-9-10-26-16-7-5-14(20)6-8-16/h2-8,12H,9-11H2,1H3,(H,21,25)(H,22,23,24). The van der Waals surface area contributed by atoms with Gasteiger partial charge in [-0.15, -0.1) is 11.3 Å². The second kappa shape index (κ2) is 9.09. The average Bonchev–Trinajstić information content (AvgIpc) is 3.07. The van der Waals surface area contributed by atoms with Gasteiger partial charge in [0.05, 0.1) is 18.7 Å². The summed E-state index contributed by atoms with van der Waals surface area (Å²) in [5.41, 5.74) is 1.60. The summed E-state index contributed by atoms with van der Waals surface area (Å²) >= 11 is 1.42. The third-order valence-corrected chi connectivity index (χ3v) is 4.33. The van der Waals surface area contributed by atoms with Crippen LogP contribution in [-0.2, 0) is 11.2 Å². The molecule has 1 aromatic carbocycles. The van der Waals surface area contributed by atoms with Gasteiger partial charge in [-0.1, -0.05) is 6.07 Å². The maximum absolute atomic E-state index is 12.8. The number of nitrogens with one attached hydrogen (secondary N) is 2. The summed E-state index contributed by atoms with van der Waals surface area (Å²) in [6, 6.07) is 11.4. The van der Waals surface area contributed by atoms with Gasteiger partial charge in [0, 0.05) is 11.1 Å². The van der Waals surface area contributed by atoms with Gasteiger partial charge in [0.15, 0.2) is 5.13 Å². The van der Waals surface area contributed by atoms with Crippen molar-refractivity contribution in [2.45, 2.75) is 13.3 Å². The first kappa shape index (κ1) is 18.8. The zero-order chi connectivity index (χ0) is 19.1. The van der Waals surface area contributed by atoms with E-state index in [1.807, 2.05) is 30.5 Å². The lowest BCUT2D eigenvalue weighted by Gasteiger charge is -2.07. The normalized spacial score (nSPS) is 10.4. The van der Waals surface area contributed by atoms with E-state index in [1.165, 1.54) is 23.5 Å². The van der Waals surface area contributed by atoms with E-state index in [2.05, 4.69) is 20.6 Å². The Morgan fingerprint density at radius 3 is 2.78 bits per heavy atom. The highest BCUT2D eigenvalue weighted by Crippen LogP contribution is 2.20. The molecule has 0 bridgehead atoms. The van der Waals surface area contributed by atoms with Crippen molar-refractivity contribution in [1.82, 2.24) is 15.3 Å². The fourth-order valence-corrected chi connectivity index (χ4v) is 3.00. The van der Waals surface area contributed by atoms with Crippen LogP contribution in [0.4, 0.5) is 15.3 Å². The van der Waals surface area contributed by atoms with Crippen molar-refractivity contribution in [3.8, 4) is 5.75 Å². The summed E-state index contributed by atoms with van der Waals surface area (Å²) < 4.78 is 18.2. The molecule has 0 aliphatic carbocycles. The molecule has 8 heteroatoms. The number of amides is 1. The Kier molecular flexibility index (Phi) is 6.32. The first-order chi connectivity index (χ1) is 13.1. The fraction of sp³-hybridized carbons (Fsp3) is 0.211. The summed E-state index contributed by atoms with van der Waals surface area (Å²) in [7, 11) is 0. The topological polar surface area (TPSA) is 76.1 Å². The molecule has 2 heterocycles. The molecule has 1 amide bonds. The Morgan fingerprint density at radius 1 is 1.19 bits per heavy atom. The van der Waals surface area contributed by atoms with Crippen LogP contribution in [0.2, 0.25) is 0 Å². The van der Waals surface area contributed by atoms with Gasteiger partial charge in [-0.25, -0.2) is 14.4 Å². The van der Waals surface area contributed by atoms with Crippen LogP contribution in [0.3, 0.4) is 0 Å². The number of ether oxygens (including phenoxy) is 1. The van der Waals surface area contributed by atoms with Crippen LogP contribution in [0.15, 0.2) is 47.8 Å². The SMILES string of the molecule is Cc1cccc(Nc2nc(CC(=O)NCCOc3ccc(F)cc3)cs2)n1. The van der Waals surface area contributed by atoms with E-state index in [0.29, 0.717) is 29.7 Å². The lowest BCUT2D eigenvalue weighted by atomic mass is 10.3. The molecule has 0 aliphatic heterocycles. The molecule has 0 fully saturated rings. The van der Waals surface area contributed by atoms with Crippen molar-refractivity contribution in [3.05, 3.63) is 65.0 Å². The molecule has 2 N–H and O–H groups in total. The van der Waals surface area contributed by atoms with E-state index in [1.54, 1.807) is 12.1 Å². The monoisotopic (exact) mass is 386 g/mol. The highest BCUT2D eigenvalue weighted by atomic mass is 32.1. The molecule has 27 heavy (non-hydrogen) atoms. The summed E-state index contributed by atoms with van der Waals surface area (Å²) in [6.45, 7) is 2.58. The smallest absolute Gasteiger partial charge is 0.226 e. The second-order valence-corrected chi connectivity index (χ2v) is 6.62. The van der Waals surface area contributed by atoms with Crippen molar-refractivity contribution in [3.63, 3.8) is 0 Å². The fourth-order valence-electron chi connectivity index (χ4n) is 2.28. The minimum Gasteiger partial charge on any atom is -0.492 e. The Morgan fingerprint density at radius 2 is 2.00 bits per heavy atom. The number of aryl methyl sites for hydroxylation is 1. The van der Waals surface area contributed by atoms with Gasteiger partial charge in [-0.3, -0.25) is 4.79 Å². The van der Waals surface area contributed by atoms with Gasteiger partial charge in [0.1, 0.15) is 24.0 Å². The minimum atomic E-state index is -0.314. The first-order valence-corrected chi connectivity index (χ1v) is 9.26. The molecule has 3 aromatic rings. The highest BCUT2D eigenvalue weighted by Gasteiger charge is 2.08. The van der Waals surface area contributed by atoms with Crippen molar-refractivity contribution in [2.24, 2.45) is 0 Å². The van der Waals surface area contributed by atoms with Crippen molar-refractivity contribution in [2.75, 3.05) is 18.5 Å². The predicted octanol–water partition coefficient (Wildman–Crippen LogP) is 3.47. The summed E-state index contributed by atoms with van der Waals surface area (Å²) in [5, 5.41) is 8.43. The molecule has 0 radical (unpaired) electrons. The molecule has 0 unspecified atom stereocenters. The quantitative estimate of drug-likeness (QED) is 0.580. The molecular formula is C19H19FN4O2S. The largest absolute Gasteiger partial charge is 0.492 e. The highest BCUT2D eigenvalue weighted by molar-refractivity contribution is 7.13. The maximum atomic E-state index is 12.8. The molecule has 0 aliphatic rings. The molecule has 6 nitrogen and oxygen atoms in total. The maximum Gasteiger partial charge on any atom is 0.226 e. The van der Waals surface area contributed by atoms with Crippen LogP contribution in [-0.4, -0.2) is 29.0 Å². The van der Waals surface area contributed by atoms with Crippen LogP contribution in [0.5, 0.6) is 5.75 Å². The van der Waals surface area contributed by atoms with E-state index in [4.69, 9.17) is 4.74 Å². The van der Waals surface area contributed by atoms with E-state index >= 15 is 0 Å². The Labute approximate surface area is 160 Å². The van der Waals surface area contributed by atoms with Crippen molar-refractivity contribution >= 4 is 28.2 Å². The van der Waals surface area contributed by atoms with Gasteiger partial charge in [0.2, 0.25) is 5.91 Å². The van der Waals surface area contributed by atoms with Crippen LogP contribution in [0.1, 0.15) is 11.4 Å². The van der Waals surface area contributed by atoms with Crippen molar-refractivity contribution < 1.29 is 13.9 Å². The molecule has 0 saturated carbocycles. The minimum absolute atomic E-state index is 0.136. The van der Waals surface area contributed by atoms with E-state index < -0.39 is 0 Å². The van der Waals surface area contributed by atoms with Gasteiger partial charge >= 0.3 is 0 Å². The molecular weight excluding hydrogens is 367 g/mol. The van der Waals surface area contributed by atoms with E-state index in [9.17, 15) is 9.18 Å². The number of pyridine rings is 1. The van der Waals surface area contributed by atoms with Crippen LogP contribution >= 0.6 is 11.3 Å². The number of halogens is 1. The van der Waals surface area contributed by atoms with Crippen molar-refractivity contribution in [1.29, 1.82) is 0 Å². The zero-order valence-electron chi connectivity index (χ0n) is 14.7. The van der Waals surface area contributed by atoms with Gasteiger partial charge in [-0.05, 0) is 43.3 Å². The zero-order valence-corrected chi connectivity index (χ0v) is 15.6. The molecule has 3 rings (SSSR count). The lowest BCUT2D eigenvalue weighted by molar-refractivity contribution is -0.120. The number of carbonyl (C=O) groups is 1. The number of anilines is 2. The van der Waals surface area contributed by atoms with Crippen LogP contribution < -0.4 is 15.4 Å². The number of hydrogen-bond donors (Lipinski definition) is 2. The summed E-state index contributed by atoms with van der Waals surface area (Å²) in [5.74, 6) is 0.832. The number of carbonyl (C=O) groups excluding carboxylic acids is 1. The molecule has 140 valence electrons. The molecule has 0 spiro atoms. The number of nitrogens with zero attached hydrogens (tertiary/aromatic N) is 2. The first-order valence-electron chi connectivity index (χ1n) is 8.38. The predicted molar refractivity (Wildman–Crippen MR) is 103 cm³/mol.